The Labute approximate surface area is 136 Å². The minimum Gasteiger partial charge on any atom is -0.253 e. The highest BCUT2D eigenvalue weighted by Gasteiger charge is 2.09. The van der Waals surface area contributed by atoms with E-state index in [-0.39, 0.29) is 0 Å². The summed E-state index contributed by atoms with van der Waals surface area (Å²) in [5.74, 6) is 0. The molecule has 3 aromatic rings. The van der Waals surface area contributed by atoms with Gasteiger partial charge in [-0.15, -0.1) is 0 Å². The van der Waals surface area contributed by atoms with Gasteiger partial charge in [-0.05, 0) is 39.8 Å². The van der Waals surface area contributed by atoms with Crippen molar-refractivity contribution in [3.63, 3.8) is 0 Å². The first kappa shape index (κ1) is 14.9. The van der Waals surface area contributed by atoms with E-state index >= 15 is 0 Å². The molecule has 1 aromatic carbocycles. The normalized spacial score (nSPS) is 10.7. The number of rotatable bonds is 4. The summed E-state index contributed by atoms with van der Waals surface area (Å²) >= 11 is 3.17. The molecular weight excluding hydrogens is 316 g/mol. The molecule has 6 nitrogen and oxygen atoms in total. The Morgan fingerprint density at radius 3 is 1.68 bits per heavy atom. The highest BCUT2D eigenvalue weighted by molar-refractivity contribution is 7.24. The van der Waals surface area contributed by atoms with E-state index in [4.69, 9.17) is 0 Å². The molecule has 0 spiro atoms. The van der Waals surface area contributed by atoms with Gasteiger partial charge < -0.3 is 0 Å². The third-order valence-electron chi connectivity index (χ3n) is 2.65. The average molecular weight is 332 g/mol. The van der Waals surface area contributed by atoms with Gasteiger partial charge in [-0.25, -0.2) is 9.97 Å². The second-order valence-corrected chi connectivity index (χ2v) is 7.23. The highest BCUT2D eigenvalue weighted by atomic mass is 32.1. The molecular formula is C14H16N6S2. The van der Waals surface area contributed by atoms with Crippen LogP contribution < -0.4 is 10.9 Å². The van der Waals surface area contributed by atoms with Gasteiger partial charge in [0, 0.05) is 11.4 Å². The molecule has 0 radical (unpaired) electrons. The summed E-state index contributed by atoms with van der Waals surface area (Å²) in [7, 11) is 0. The number of thiazole rings is 2. The van der Waals surface area contributed by atoms with Crippen LogP contribution in [0.4, 0.5) is 10.3 Å². The second-order valence-electron chi connectivity index (χ2n) is 5.17. The van der Waals surface area contributed by atoms with Gasteiger partial charge in [-0.2, -0.15) is 10.2 Å². The number of hydrogen-bond donors (Lipinski definition) is 2. The summed E-state index contributed by atoms with van der Waals surface area (Å²) in [5.41, 5.74) is 9.72. The van der Waals surface area contributed by atoms with Crippen LogP contribution >= 0.6 is 22.7 Å². The van der Waals surface area contributed by atoms with Crippen molar-refractivity contribution in [2.24, 2.45) is 10.2 Å². The fraction of sp³-hybridized carbons (Fsp3) is 0.286. The van der Waals surface area contributed by atoms with Crippen molar-refractivity contribution in [1.82, 2.24) is 9.97 Å². The van der Waals surface area contributed by atoms with Crippen LogP contribution in [0, 0.1) is 0 Å². The maximum absolute atomic E-state index is 4.54. The molecule has 0 saturated carbocycles. The fourth-order valence-electron chi connectivity index (χ4n) is 1.76. The lowest BCUT2D eigenvalue weighted by molar-refractivity contribution is 1.28. The maximum atomic E-state index is 4.54. The van der Waals surface area contributed by atoms with Crippen molar-refractivity contribution in [3.05, 3.63) is 12.1 Å². The molecule has 0 amide bonds. The Morgan fingerprint density at radius 2 is 1.27 bits per heavy atom. The number of hydrogen-bond acceptors (Lipinski definition) is 8. The van der Waals surface area contributed by atoms with Gasteiger partial charge >= 0.3 is 0 Å². The third-order valence-corrected chi connectivity index (χ3v) is 4.49. The molecule has 0 aliphatic rings. The molecule has 22 heavy (non-hydrogen) atoms. The molecule has 0 saturated heterocycles. The summed E-state index contributed by atoms with van der Waals surface area (Å²) in [6.07, 6.45) is 0. The van der Waals surface area contributed by atoms with Crippen LogP contribution in [0.3, 0.4) is 0 Å². The fourth-order valence-corrected chi connectivity index (χ4v) is 3.50. The molecule has 0 aliphatic heterocycles. The van der Waals surface area contributed by atoms with E-state index in [1.165, 1.54) is 0 Å². The standard InChI is InChI=1S/C14H16N6S2/c1-7(2)17-19-13-15-9-5-10-12(6-11(9)21-13)22-14(16-10)20-18-8(3)4/h5-6H,1-4H3,(H,15,19)(H,16,20). The van der Waals surface area contributed by atoms with Crippen LogP contribution in [0.2, 0.25) is 0 Å². The smallest absolute Gasteiger partial charge is 0.204 e. The zero-order valence-electron chi connectivity index (χ0n) is 12.8. The number of aromatic nitrogens is 2. The average Bonchev–Trinajstić information content (AvgIpc) is 3.02. The number of benzene rings is 1. The summed E-state index contributed by atoms with van der Waals surface area (Å²) in [6.45, 7) is 7.76. The Morgan fingerprint density at radius 1 is 0.818 bits per heavy atom. The number of anilines is 2. The first-order valence-corrected chi connectivity index (χ1v) is 8.39. The maximum Gasteiger partial charge on any atom is 0.204 e. The van der Waals surface area contributed by atoms with Crippen LogP contribution in [0.5, 0.6) is 0 Å². The lowest BCUT2D eigenvalue weighted by Gasteiger charge is -1.92. The topological polar surface area (TPSA) is 74.6 Å². The van der Waals surface area contributed by atoms with Crippen LogP contribution in [0.25, 0.3) is 20.4 Å². The van der Waals surface area contributed by atoms with Gasteiger partial charge in [0.1, 0.15) is 0 Å². The monoisotopic (exact) mass is 332 g/mol. The van der Waals surface area contributed by atoms with Crippen molar-refractivity contribution in [2.45, 2.75) is 27.7 Å². The van der Waals surface area contributed by atoms with Crippen LogP contribution in [-0.2, 0) is 0 Å². The van der Waals surface area contributed by atoms with E-state index in [0.717, 1.165) is 42.1 Å². The van der Waals surface area contributed by atoms with Crippen LogP contribution in [0.15, 0.2) is 22.3 Å². The van der Waals surface area contributed by atoms with E-state index in [1.54, 1.807) is 22.7 Å². The van der Waals surface area contributed by atoms with Gasteiger partial charge in [0.15, 0.2) is 0 Å². The van der Waals surface area contributed by atoms with Crippen molar-refractivity contribution < 1.29 is 0 Å². The van der Waals surface area contributed by atoms with E-state index in [2.05, 4.69) is 37.1 Å². The molecule has 2 aromatic heterocycles. The van der Waals surface area contributed by atoms with Gasteiger partial charge in [-0.1, -0.05) is 22.7 Å². The Kier molecular flexibility index (Phi) is 4.04. The minimum atomic E-state index is 0.790. The van der Waals surface area contributed by atoms with Crippen molar-refractivity contribution >= 4 is 64.8 Å². The van der Waals surface area contributed by atoms with Crippen LogP contribution in [-0.4, -0.2) is 21.4 Å². The van der Waals surface area contributed by atoms with E-state index in [9.17, 15) is 0 Å². The molecule has 0 unspecified atom stereocenters. The zero-order chi connectivity index (χ0) is 15.7. The predicted octanol–water partition coefficient (Wildman–Crippen LogP) is 4.52. The second kappa shape index (κ2) is 5.98. The SMILES string of the molecule is CC(C)=NNc1nc2cc3nc(NN=C(C)C)sc3cc2s1. The van der Waals surface area contributed by atoms with Crippen LogP contribution in [0.1, 0.15) is 27.7 Å². The summed E-state index contributed by atoms with van der Waals surface area (Å²) in [4.78, 5) is 9.07. The Balaban J connectivity index is 1.95. The van der Waals surface area contributed by atoms with Crippen molar-refractivity contribution in [3.8, 4) is 0 Å². The zero-order valence-corrected chi connectivity index (χ0v) is 14.4. The lowest BCUT2D eigenvalue weighted by Crippen LogP contribution is -1.91. The largest absolute Gasteiger partial charge is 0.253 e. The molecule has 2 heterocycles. The van der Waals surface area contributed by atoms with Gasteiger partial charge in [0.25, 0.3) is 0 Å². The number of nitrogens with one attached hydrogen (secondary N) is 2. The van der Waals surface area contributed by atoms with Gasteiger partial charge in [0.2, 0.25) is 10.3 Å². The number of nitrogens with zero attached hydrogens (tertiary/aromatic N) is 4. The van der Waals surface area contributed by atoms with Crippen molar-refractivity contribution in [1.29, 1.82) is 0 Å². The number of hydrazone groups is 2. The molecule has 0 bridgehead atoms. The third kappa shape index (κ3) is 3.23. The quantitative estimate of drug-likeness (QED) is 0.544. The summed E-state index contributed by atoms with van der Waals surface area (Å²) < 4.78 is 2.23. The van der Waals surface area contributed by atoms with E-state index < -0.39 is 0 Å². The van der Waals surface area contributed by atoms with E-state index in [1.807, 2.05) is 33.8 Å². The first-order valence-electron chi connectivity index (χ1n) is 6.76. The van der Waals surface area contributed by atoms with Gasteiger partial charge in [0.05, 0.1) is 20.4 Å². The summed E-state index contributed by atoms with van der Waals surface area (Å²) in [6, 6.07) is 4.11. The Hall–Kier alpha value is -2.06. The van der Waals surface area contributed by atoms with Crippen molar-refractivity contribution in [2.75, 3.05) is 10.9 Å². The predicted molar refractivity (Wildman–Crippen MR) is 97.6 cm³/mol. The molecule has 2 N–H and O–H groups in total. The summed E-state index contributed by atoms with van der Waals surface area (Å²) in [5, 5.41) is 9.94. The van der Waals surface area contributed by atoms with E-state index in [0.29, 0.717) is 0 Å². The first-order chi connectivity index (χ1) is 10.5. The molecule has 114 valence electrons. The molecule has 8 heteroatoms. The molecule has 0 atom stereocenters. The molecule has 0 aliphatic carbocycles. The number of fused-ring (bicyclic) bond motifs is 2. The Bertz CT molecular complexity index is 761. The lowest BCUT2D eigenvalue weighted by atomic mass is 10.3. The molecule has 0 fully saturated rings. The minimum absolute atomic E-state index is 0.790. The molecule has 3 rings (SSSR count). The highest BCUT2D eigenvalue weighted by Crippen LogP contribution is 2.33. The van der Waals surface area contributed by atoms with Gasteiger partial charge in [-0.3, -0.25) is 10.9 Å².